The standard InChI is InChI=1S/C38H51N3O7S/c1-24-14-13-17-28-20-29(21-31-36(28)49-23-34(43)41-31)40-33(42)22-30(47-4)18-11-6-5-7-12-19-32(25(2)35(24)44)48-38(46)26(3)39-37(45)27-15-9-8-10-16-27/h5-7,11-12,14,18,20-21,25-27,30,32,35,44H,8-10,13,15-17,19,22-23H2,1-4H3,(H,39,45)(H,40,42)(H,41,43)/b6-5+,12-7+,18-11+,24-14-/t25-,26+,30-,32-,35-/m0/s1. The number of anilines is 2. The zero-order valence-electron chi connectivity index (χ0n) is 29.0. The number of aliphatic hydroxyl groups excluding tert-OH is 1. The van der Waals surface area contributed by atoms with Crippen LogP contribution in [0.4, 0.5) is 11.4 Å². The van der Waals surface area contributed by atoms with Crippen LogP contribution in [0.15, 0.2) is 65.1 Å². The molecule has 4 rings (SSSR count). The molecule has 1 aliphatic carbocycles. The van der Waals surface area contributed by atoms with Gasteiger partial charge in [-0.3, -0.25) is 14.4 Å². The highest BCUT2D eigenvalue weighted by atomic mass is 32.2. The van der Waals surface area contributed by atoms with Gasteiger partial charge in [0.05, 0.1) is 30.1 Å². The summed E-state index contributed by atoms with van der Waals surface area (Å²) in [5, 5.41) is 20.2. The molecule has 0 saturated heterocycles. The lowest BCUT2D eigenvalue weighted by Crippen LogP contribution is -2.45. The van der Waals surface area contributed by atoms with Gasteiger partial charge in [-0.05, 0) is 62.8 Å². The van der Waals surface area contributed by atoms with Crippen LogP contribution in [0.5, 0.6) is 0 Å². The van der Waals surface area contributed by atoms with Crippen molar-refractivity contribution in [3.63, 3.8) is 0 Å². The first-order chi connectivity index (χ1) is 23.5. The Morgan fingerprint density at radius 2 is 1.80 bits per heavy atom. The number of allylic oxidation sites excluding steroid dienone is 5. The molecule has 0 spiro atoms. The van der Waals surface area contributed by atoms with Crippen molar-refractivity contribution in [1.29, 1.82) is 0 Å². The number of amides is 3. The summed E-state index contributed by atoms with van der Waals surface area (Å²) in [5.41, 5.74) is 2.97. The first-order valence-electron chi connectivity index (χ1n) is 17.3. The largest absolute Gasteiger partial charge is 0.460 e. The Balaban J connectivity index is 1.55. The van der Waals surface area contributed by atoms with E-state index in [4.69, 9.17) is 9.47 Å². The van der Waals surface area contributed by atoms with Gasteiger partial charge < -0.3 is 30.5 Å². The number of methoxy groups -OCH3 is 1. The van der Waals surface area contributed by atoms with Crippen molar-refractivity contribution in [3.8, 4) is 0 Å². The minimum absolute atomic E-state index is 0.0725. The molecule has 5 atom stereocenters. The zero-order chi connectivity index (χ0) is 35.3. The number of aliphatic hydroxyl groups is 1. The fraction of sp³-hybridized carbons (Fsp3) is 0.526. The summed E-state index contributed by atoms with van der Waals surface area (Å²) in [6.07, 6.45) is 17.5. The molecule has 11 heteroatoms. The Kier molecular flexibility index (Phi) is 14.7. The van der Waals surface area contributed by atoms with E-state index in [0.717, 1.165) is 48.1 Å². The summed E-state index contributed by atoms with van der Waals surface area (Å²) in [7, 11) is 1.55. The Morgan fingerprint density at radius 1 is 1.04 bits per heavy atom. The van der Waals surface area contributed by atoms with Crippen LogP contribution in [0.1, 0.15) is 77.7 Å². The fourth-order valence-electron chi connectivity index (χ4n) is 6.34. The molecular formula is C38H51N3O7S. The normalized spacial score (nSPS) is 28.1. The number of esters is 1. The summed E-state index contributed by atoms with van der Waals surface area (Å²) < 4.78 is 11.5. The quantitative estimate of drug-likeness (QED) is 0.217. The van der Waals surface area contributed by atoms with Gasteiger partial charge in [0.1, 0.15) is 12.1 Å². The highest BCUT2D eigenvalue weighted by Crippen LogP contribution is 2.38. The van der Waals surface area contributed by atoms with E-state index in [9.17, 15) is 24.3 Å². The van der Waals surface area contributed by atoms with Crippen molar-refractivity contribution in [2.45, 2.75) is 108 Å². The van der Waals surface area contributed by atoms with E-state index in [1.807, 2.05) is 50.3 Å². The predicted molar refractivity (Wildman–Crippen MR) is 193 cm³/mol. The highest BCUT2D eigenvalue weighted by molar-refractivity contribution is 8.00. The van der Waals surface area contributed by atoms with Gasteiger partial charge in [-0.2, -0.15) is 0 Å². The molecule has 266 valence electrons. The van der Waals surface area contributed by atoms with Crippen molar-refractivity contribution >= 4 is 46.8 Å². The highest BCUT2D eigenvalue weighted by Gasteiger charge is 2.31. The number of carbonyl (C=O) groups excluding carboxylic acids is 4. The molecule has 1 fully saturated rings. The summed E-state index contributed by atoms with van der Waals surface area (Å²) in [6, 6.07) is 2.90. The van der Waals surface area contributed by atoms with Crippen LogP contribution < -0.4 is 16.0 Å². The number of ether oxygens (including phenoxy) is 2. The number of nitrogens with one attached hydrogen (secondary N) is 3. The SMILES string of the molecule is CO[C@H]1/C=C/C=C/C=C/C[C@H](OC(=O)[C@@H](C)NC(=O)C2CCCCC2)[C@H](C)[C@@H](O)/C(C)=C\CCc2cc(cc3c2SCC(=O)N3)NC(=O)C1. The minimum atomic E-state index is -0.884. The maximum absolute atomic E-state index is 13.2. The molecule has 1 aromatic carbocycles. The number of aryl methyl sites for hydroxylation is 1. The van der Waals surface area contributed by atoms with Crippen LogP contribution in [0.3, 0.4) is 0 Å². The van der Waals surface area contributed by atoms with E-state index >= 15 is 0 Å². The van der Waals surface area contributed by atoms with E-state index in [0.29, 0.717) is 36.4 Å². The van der Waals surface area contributed by atoms with E-state index in [2.05, 4.69) is 16.0 Å². The molecular weight excluding hydrogens is 642 g/mol. The molecule has 0 radical (unpaired) electrons. The molecule has 0 aromatic heterocycles. The summed E-state index contributed by atoms with van der Waals surface area (Å²) in [6.45, 7) is 5.36. The third-order valence-corrected chi connectivity index (χ3v) is 10.5. The zero-order valence-corrected chi connectivity index (χ0v) is 29.9. The Hall–Kier alpha value is -3.67. The lowest BCUT2D eigenvalue weighted by molar-refractivity contribution is -0.156. The lowest BCUT2D eigenvalue weighted by Gasteiger charge is -2.29. The number of hydrogen-bond acceptors (Lipinski definition) is 8. The Bertz CT molecular complexity index is 1460. The van der Waals surface area contributed by atoms with E-state index in [-0.39, 0.29) is 30.1 Å². The van der Waals surface area contributed by atoms with Crippen LogP contribution in [0.25, 0.3) is 0 Å². The summed E-state index contributed by atoms with van der Waals surface area (Å²) in [5.74, 6) is -1.16. The van der Waals surface area contributed by atoms with E-state index in [1.165, 1.54) is 11.8 Å². The Labute approximate surface area is 294 Å². The number of thioether (sulfide) groups is 1. The smallest absolute Gasteiger partial charge is 0.328 e. The van der Waals surface area contributed by atoms with Gasteiger partial charge in [0.15, 0.2) is 0 Å². The number of fused-ring (bicyclic) bond motifs is 4. The third-order valence-electron chi connectivity index (χ3n) is 9.31. The monoisotopic (exact) mass is 693 g/mol. The first-order valence-corrected chi connectivity index (χ1v) is 18.3. The van der Waals surface area contributed by atoms with Crippen LogP contribution in [0.2, 0.25) is 0 Å². The second-order valence-corrected chi connectivity index (χ2v) is 14.1. The first kappa shape index (κ1) is 38.1. The topological polar surface area (TPSA) is 143 Å². The molecule has 2 bridgehead atoms. The number of carbonyl (C=O) groups is 4. The lowest BCUT2D eigenvalue weighted by atomic mass is 9.88. The second-order valence-electron chi connectivity index (χ2n) is 13.1. The van der Waals surface area contributed by atoms with Gasteiger partial charge >= 0.3 is 5.97 Å². The molecule has 0 unspecified atom stereocenters. The van der Waals surface area contributed by atoms with Gasteiger partial charge in [-0.25, -0.2) is 4.79 Å². The molecule has 2 aliphatic heterocycles. The van der Waals surface area contributed by atoms with Crippen LogP contribution in [0, 0.1) is 11.8 Å². The number of hydrogen-bond donors (Lipinski definition) is 4. The van der Waals surface area contributed by atoms with E-state index < -0.39 is 36.2 Å². The number of rotatable bonds is 5. The minimum Gasteiger partial charge on any atom is -0.460 e. The second kappa shape index (κ2) is 18.9. The van der Waals surface area contributed by atoms with Gasteiger partial charge in [0, 0.05) is 35.9 Å². The van der Waals surface area contributed by atoms with Gasteiger partial charge in [0.2, 0.25) is 17.7 Å². The predicted octanol–water partition coefficient (Wildman–Crippen LogP) is 6.02. The van der Waals surface area contributed by atoms with E-state index in [1.54, 1.807) is 32.3 Å². The molecule has 3 aliphatic rings. The maximum Gasteiger partial charge on any atom is 0.328 e. The van der Waals surface area contributed by atoms with Crippen molar-refractivity contribution in [3.05, 3.63) is 65.8 Å². The average molecular weight is 694 g/mol. The van der Waals surface area contributed by atoms with Gasteiger partial charge in [-0.15, -0.1) is 11.8 Å². The van der Waals surface area contributed by atoms with Crippen LogP contribution in [-0.2, 0) is 35.1 Å². The van der Waals surface area contributed by atoms with Crippen molar-refractivity contribution in [2.75, 3.05) is 23.5 Å². The van der Waals surface area contributed by atoms with Gasteiger partial charge in [-0.1, -0.05) is 68.7 Å². The fourth-order valence-corrected chi connectivity index (χ4v) is 7.30. The molecule has 49 heavy (non-hydrogen) atoms. The van der Waals surface area contributed by atoms with Crippen LogP contribution >= 0.6 is 11.8 Å². The molecule has 3 amide bonds. The molecule has 1 saturated carbocycles. The Morgan fingerprint density at radius 3 is 2.55 bits per heavy atom. The average Bonchev–Trinajstić information content (AvgIpc) is 3.08. The summed E-state index contributed by atoms with van der Waals surface area (Å²) >= 11 is 1.47. The number of benzene rings is 1. The van der Waals surface area contributed by atoms with Gasteiger partial charge in [0.25, 0.3) is 0 Å². The van der Waals surface area contributed by atoms with Crippen LogP contribution in [-0.4, -0.2) is 66.0 Å². The van der Waals surface area contributed by atoms with Crippen molar-refractivity contribution in [1.82, 2.24) is 5.32 Å². The third kappa shape index (κ3) is 11.4. The molecule has 4 N–H and O–H groups in total. The molecule has 10 nitrogen and oxygen atoms in total. The van der Waals surface area contributed by atoms with Crippen molar-refractivity contribution < 1.29 is 33.8 Å². The molecule has 1 aromatic rings. The maximum atomic E-state index is 13.2. The molecule has 2 heterocycles. The van der Waals surface area contributed by atoms with Crippen molar-refractivity contribution in [2.24, 2.45) is 11.8 Å². The summed E-state index contributed by atoms with van der Waals surface area (Å²) in [4.78, 5) is 52.1.